The Labute approximate surface area is 173 Å². The van der Waals surface area contributed by atoms with Gasteiger partial charge in [0.05, 0.1) is 13.1 Å². The fourth-order valence-corrected chi connectivity index (χ4v) is 4.43. The molecular formula is C23H32N3O3+. The highest BCUT2D eigenvalue weighted by Gasteiger charge is 2.49. The lowest BCUT2D eigenvalue weighted by Crippen LogP contribution is -3.22. The van der Waals surface area contributed by atoms with Gasteiger partial charge in [-0.3, -0.25) is 9.59 Å². The van der Waals surface area contributed by atoms with Crippen LogP contribution in [0.5, 0.6) is 0 Å². The van der Waals surface area contributed by atoms with Gasteiger partial charge in [0.25, 0.3) is 11.8 Å². The van der Waals surface area contributed by atoms with Crippen molar-refractivity contribution in [3.8, 4) is 11.8 Å². The highest BCUT2D eigenvalue weighted by Crippen LogP contribution is 2.22. The van der Waals surface area contributed by atoms with E-state index in [0.29, 0.717) is 31.5 Å². The van der Waals surface area contributed by atoms with Crippen LogP contribution in [0.25, 0.3) is 0 Å². The molecule has 2 fully saturated rings. The van der Waals surface area contributed by atoms with Crippen molar-refractivity contribution in [2.75, 3.05) is 26.2 Å². The minimum absolute atomic E-state index is 0.0290. The van der Waals surface area contributed by atoms with E-state index in [9.17, 15) is 14.7 Å². The summed E-state index contributed by atoms with van der Waals surface area (Å²) in [7, 11) is 0. The molecule has 0 spiro atoms. The Bertz CT molecular complexity index is 801. The van der Waals surface area contributed by atoms with E-state index in [-0.39, 0.29) is 11.8 Å². The van der Waals surface area contributed by atoms with E-state index in [0.717, 1.165) is 31.5 Å². The van der Waals surface area contributed by atoms with Gasteiger partial charge in [-0.15, -0.1) is 0 Å². The van der Waals surface area contributed by atoms with Crippen LogP contribution < -0.4 is 10.6 Å². The van der Waals surface area contributed by atoms with Crippen LogP contribution in [0.2, 0.25) is 0 Å². The number of nitrogens with two attached hydrogens (primary N) is 1. The smallest absolute Gasteiger partial charge is 0.278 e. The maximum atomic E-state index is 12.9. The van der Waals surface area contributed by atoms with Gasteiger partial charge in [-0.25, -0.2) is 0 Å². The van der Waals surface area contributed by atoms with Gasteiger partial charge in [0, 0.05) is 37.1 Å². The predicted molar refractivity (Wildman–Crippen MR) is 111 cm³/mol. The Hall–Kier alpha value is -2.36. The molecule has 156 valence electrons. The number of quaternary nitrogens is 1. The molecule has 0 saturated carbocycles. The van der Waals surface area contributed by atoms with Gasteiger partial charge in [0.1, 0.15) is 5.60 Å². The molecule has 2 aliphatic rings. The lowest BCUT2D eigenvalue weighted by molar-refractivity contribution is -0.948. The van der Waals surface area contributed by atoms with Crippen LogP contribution in [0.1, 0.15) is 61.9 Å². The minimum atomic E-state index is -1.05. The first-order chi connectivity index (χ1) is 13.7. The van der Waals surface area contributed by atoms with Crippen molar-refractivity contribution in [1.82, 2.24) is 4.90 Å². The zero-order valence-electron chi connectivity index (χ0n) is 17.5. The van der Waals surface area contributed by atoms with Crippen LogP contribution in [0, 0.1) is 11.8 Å². The third-order valence-corrected chi connectivity index (χ3v) is 6.15. The van der Waals surface area contributed by atoms with Gasteiger partial charge in [0.2, 0.25) is 0 Å². The fourth-order valence-electron chi connectivity index (χ4n) is 4.43. The maximum Gasteiger partial charge on any atom is 0.278 e. The first-order valence-electron chi connectivity index (χ1n) is 10.5. The third-order valence-electron chi connectivity index (χ3n) is 6.15. The van der Waals surface area contributed by atoms with Crippen LogP contribution >= 0.6 is 0 Å². The number of primary amides is 1. The molecule has 2 saturated heterocycles. The summed E-state index contributed by atoms with van der Waals surface area (Å²) in [6, 6.07) is 7.12. The van der Waals surface area contributed by atoms with E-state index < -0.39 is 11.1 Å². The molecule has 2 amide bonds. The number of amides is 2. The van der Waals surface area contributed by atoms with Gasteiger partial charge in [0.15, 0.2) is 5.54 Å². The van der Waals surface area contributed by atoms with E-state index >= 15 is 0 Å². The second kappa shape index (κ2) is 8.56. The number of nitrogens with one attached hydrogen (secondary N) is 1. The van der Waals surface area contributed by atoms with Gasteiger partial charge < -0.3 is 20.6 Å². The fraction of sp³-hybridized carbons (Fsp3) is 0.565. The molecule has 1 aromatic rings. The standard InChI is InChI=1S/C23H31N3O3/c1-22(2,29)11-10-18-6-8-19(9-7-18)20(27)25-16-12-23(13-17-25,21(24)28)26-14-4-3-5-15-26/h6-9,29H,3-5,12-17H2,1-2H3,(H2,24,28)/p+1. The molecule has 0 unspecified atom stereocenters. The van der Waals surface area contributed by atoms with Crippen molar-refractivity contribution < 1.29 is 19.6 Å². The first-order valence-corrected chi connectivity index (χ1v) is 10.5. The number of hydrogen-bond acceptors (Lipinski definition) is 3. The highest BCUT2D eigenvalue weighted by atomic mass is 16.3. The topological polar surface area (TPSA) is 88.1 Å². The number of benzene rings is 1. The van der Waals surface area contributed by atoms with E-state index in [4.69, 9.17) is 5.73 Å². The predicted octanol–water partition coefficient (Wildman–Crippen LogP) is 0.338. The Morgan fingerprint density at radius 3 is 2.21 bits per heavy atom. The molecule has 0 aromatic heterocycles. The van der Waals surface area contributed by atoms with Crippen LogP contribution in [-0.2, 0) is 4.79 Å². The van der Waals surface area contributed by atoms with E-state index in [1.54, 1.807) is 38.1 Å². The summed E-state index contributed by atoms with van der Waals surface area (Å²) < 4.78 is 0. The van der Waals surface area contributed by atoms with Gasteiger partial charge in [-0.2, -0.15) is 0 Å². The average molecular weight is 399 g/mol. The lowest BCUT2D eigenvalue weighted by atomic mass is 9.83. The number of carbonyl (C=O) groups excluding carboxylic acids is 2. The number of nitrogens with zero attached hydrogens (tertiary/aromatic N) is 1. The van der Waals surface area contributed by atoms with E-state index in [1.165, 1.54) is 11.3 Å². The molecule has 2 heterocycles. The molecule has 0 aliphatic carbocycles. The summed E-state index contributed by atoms with van der Waals surface area (Å²) in [4.78, 5) is 28.4. The third kappa shape index (κ3) is 4.98. The van der Waals surface area contributed by atoms with Crippen molar-refractivity contribution in [3.05, 3.63) is 35.4 Å². The molecule has 0 bridgehead atoms. The van der Waals surface area contributed by atoms with Crippen LogP contribution in [0.3, 0.4) is 0 Å². The molecule has 2 aliphatic heterocycles. The Morgan fingerprint density at radius 2 is 1.69 bits per heavy atom. The monoisotopic (exact) mass is 398 g/mol. The SMILES string of the molecule is CC(C)(O)C#Cc1ccc(C(=O)N2CCC(C(N)=O)([NH+]3CCCCC3)CC2)cc1. The summed E-state index contributed by atoms with van der Waals surface area (Å²) in [5.74, 6) is 5.42. The number of carbonyl (C=O) groups is 2. The molecule has 0 atom stereocenters. The summed E-state index contributed by atoms with van der Waals surface area (Å²) in [5, 5.41) is 9.70. The van der Waals surface area contributed by atoms with Crippen LogP contribution in [-0.4, -0.2) is 59.1 Å². The summed E-state index contributed by atoms with van der Waals surface area (Å²) in [6.45, 7) is 6.34. The normalized spacial score (nSPS) is 19.9. The Morgan fingerprint density at radius 1 is 1.10 bits per heavy atom. The highest BCUT2D eigenvalue weighted by molar-refractivity contribution is 5.94. The Balaban J connectivity index is 1.66. The number of aliphatic hydroxyl groups is 1. The second-order valence-electron chi connectivity index (χ2n) is 8.79. The zero-order valence-corrected chi connectivity index (χ0v) is 17.5. The number of likely N-dealkylation sites (tertiary alicyclic amines) is 2. The molecular weight excluding hydrogens is 366 g/mol. The largest absolute Gasteiger partial charge is 0.378 e. The van der Waals surface area contributed by atoms with Crippen LogP contribution in [0.4, 0.5) is 0 Å². The summed E-state index contributed by atoms with van der Waals surface area (Å²) >= 11 is 0. The average Bonchev–Trinajstić information content (AvgIpc) is 2.72. The summed E-state index contributed by atoms with van der Waals surface area (Å²) in [6.07, 6.45) is 4.74. The molecule has 0 radical (unpaired) electrons. The minimum Gasteiger partial charge on any atom is -0.378 e. The quantitative estimate of drug-likeness (QED) is 0.642. The van der Waals surface area contributed by atoms with Gasteiger partial charge in [-0.05, 0) is 57.4 Å². The van der Waals surface area contributed by atoms with Crippen molar-refractivity contribution in [1.29, 1.82) is 0 Å². The zero-order chi connectivity index (χ0) is 21.1. The lowest BCUT2D eigenvalue weighted by Gasteiger charge is -2.45. The molecule has 1 aromatic carbocycles. The molecule has 4 N–H and O–H groups in total. The van der Waals surface area contributed by atoms with E-state index in [1.807, 2.05) is 4.90 Å². The number of piperidine rings is 2. The van der Waals surface area contributed by atoms with E-state index in [2.05, 4.69) is 11.8 Å². The molecule has 3 rings (SSSR count). The van der Waals surface area contributed by atoms with Crippen molar-refractivity contribution >= 4 is 11.8 Å². The number of hydrogen-bond donors (Lipinski definition) is 3. The molecule has 6 nitrogen and oxygen atoms in total. The van der Waals surface area contributed by atoms with Crippen LogP contribution in [0.15, 0.2) is 24.3 Å². The second-order valence-corrected chi connectivity index (χ2v) is 8.79. The first kappa shape index (κ1) is 21.4. The number of rotatable bonds is 3. The van der Waals surface area contributed by atoms with Crippen molar-refractivity contribution in [3.63, 3.8) is 0 Å². The van der Waals surface area contributed by atoms with Gasteiger partial charge >= 0.3 is 0 Å². The molecule has 6 heteroatoms. The van der Waals surface area contributed by atoms with Crippen molar-refractivity contribution in [2.24, 2.45) is 5.73 Å². The molecule has 29 heavy (non-hydrogen) atoms. The maximum absolute atomic E-state index is 12.9. The van der Waals surface area contributed by atoms with Gasteiger partial charge in [-0.1, -0.05) is 11.8 Å². The summed E-state index contributed by atoms with van der Waals surface area (Å²) in [5.41, 5.74) is 5.62. The Kier molecular flexibility index (Phi) is 6.30. The van der Waals surface area contributed by atoms with Crippen molar-refractivity contribution in [2.45, 2.75) is 57.1 Å².